The van der Waals surface area contributed by atoms with Gasteiger partial charge in [0.1, 0.15) is 10.3 Å². The first-order valence-electron chi connectivity index (χ1n) is 6.25. The molecular weight excluding hydrogens is 332 g/mol. The highest BCUT2D eigenvalue weighted by molar-refractivity contribution is 7.93. The Morgan fingerprint density at radius 3 is 2.81 bits per heavy atom. The average Bonchev–Trinajstić information content (AvgIpc) is 2.93. The molecule has 110 valence electrons. The molecular formula is C14H11ClO4S2. The van der Waals surface area contributed by atoms with Crippen LogP contribution in [0.1, 0.15) is 28.4 Å². The lowest BCUT2D eigenvalue weighted by molar-refractivity contribution is 0.0280. The first-order chi connectivity index (χ1) is 9.99. The van der Waals surface area contributed by atoms with Gasteiger partial charge in [-0.1, -0.05) is 23.7 Å². The average molecular weight is 343 g/mol. The van der Waals surface area contributed by atoms with Crippen molar-refractivity contribution in [3.8, 4) is 0 Å². The second-order valence-electron chi connectivity index (χ2n) is 4.64. The lowest BCUT2D eigenvalue weighted by Gasteiger charge is -2.22. The van der Waals surface area contributed by atoms with Crippen LogP contribution in [0.15, 0.2) is 39.9 Å². The van der Waals surface area contributed by atoms with E-state index in [4.69, 9.17) is 16.3 Å². The summed E-state index contributed by atoms with van der Waals surface area (Å²) in [4.78, 5) is 12.2. The van der Waals surface area contributed by atoms with Crippen LogP contribution in [0.25, 0.3) is 0 Å². The number of carbonyl (C=O) groups is 1. The van der Waals surface area contributed by atoms with E-state index in [0.29, 0.717) is 14.8 Å². The molecule has 1 aliphatic rings. The van der Waals surface area contributed by atoms with Crippen molar-refractivity contribution in [2.75, 3.05) is 5.75 Å². The Kier molecular flexibility index (Phi) is 3.77. The molecule has 0 N–H and O–H groups in total. The van der Waals surface area contributed by atoms with Gasteiger partial charge in [0.15, 0.2) is 9.84 Å². The van der Waals surface area contributed by atoms with Crippen molar-refractivity contribution in [2.24, 2.45) is 0 Å². The van der Waals surface area contributed by atoms with E-state index in [-0.39, 0.29) is 17.7 Å². The number of esters is 1. The summed E-state index contributed by atoms with van der Waals surface area (Å²) < 4.78 is 29.6. The second kappa shape index (κ2) is 5.44. The van der Waals surface area contributed by atoms with E-state index in [2.05, 4.69) is 0 Å². The van der Waals surface area contributed by atoms with Crippen LogP contribution in [0, 0.1) is 0 Å². The molecule has 0 saturated heterocycles. The van der Waals surface area contributed by atoms with E-state index >= 15 is 0 Å². The molecule has 1 atom stereocenters. The highest BCUT2D eigenvalue weighted by atomic mass is 35.5. The number of ether oxygens (including phenoxy) is 1. The number of fused-ring (bicyclic) bond motifs is 1. The molecule has 1 aliphatic heterocycles. The van der Waals surface area contributed by atoms with E-state index in [9.17, 15) is 13.2 Å². The van der Waals surface area contributed by atoms with Crippen LogP contribution in [0.4, 0.5) is 0 Å². The third kappa shape index (κ3) is 2.71. The number of hydrogen-bond donors (Lipinski definition) is 0. The lowest BCUT2D eigenvalue weighted by Crippen LogP contribution is -2.22. The minimum absolute atomic E-state index is 0.0129. The van der Waals surface area contributed by atoms with Crippen LogP contribution in [0.5, 0.6) is 0 Å². The monoisotopic (exact) mass is 342 g/mol. The summed E-state index contributed by atoms with van der Waals surface area (Å²) in [5.41, 5.74) is 0.844. The standard InChI is InChI=1S/C14H11ClO4S2/c15-11-4-2-1-3-9(11)13(16)19-12-6-8-21(17,18)14-10(12)5-7-20-14/h1-5,7,12H,6,8H2/t12-/m1/s1. The van der Waals surface area contributed by atoms with Crippen LogP contribution < -0.4 is 0 Å². The molecule has 7 heteroatoms. The molecule has 4 nitrogen and oxygen atoms in total. The number of thiophene rings is 1. The van der Waals surface area contributed by atoms with E-state index in [1.165, 1.54) is 0 Å². The van der Waals surface area contributed by atoms with Crippen LogP contribution in [-0.2, 0) is 14.6 Å². The molecule has 1 aromatic heterocycles. The number of benzene rings is 1. The molecule has 0 bridgehead atoms. The van der Waals surface area contributed by atoms with Gasteiger partial charge in [-0.25, -0.2) is 13.2 Å². The summed E-state index contributed by atoms with van der Waals surface area (Å²) in [5.74, 6) is -0.553. The Hall–Kier alpha value is -1.37. The van der Waals surface area contributed by atoms with Gasteiger partial charge in [0.2, 0.25) is 0 Å². The molecule has 3 rings (SSSR count). The van der Waals surface area contributed by atoms with Crippen molar-refractivity contribution in [1.29, 1.82) is 0 Å². The molecule has 21 heavy (non-hydrogen) atoms. The fourth-order valence-corrected chi connectivity index (χ4v) is 5.41. The molecule has 2 aromatic rings. The van der Waals surface area contributed by atoms with Gasteiger partial charge in [-0.2, -0.15) is 0 Å². The maximum absolute atomic E-state index is 12.2. The fourth-order valence-electron chi connectivity index (χ4n) is 2.25. The molecule has 1 aromatic carbocycles. The van der Waals surface area contributed by atoms with Gasteiger partial charge in [0, 0.05) is 12.0 Å². The summed E-state index contributed by atoms with van der Waals surface area (Å²) in [5, 5.41) is 2.01. The molecule has 0 fully saturated rings. The van der Waals surface area contributed by atoms with Crippen molar-refractivity contribution < 1.29 is 17.9 Å². The van der Waals surface area contributed by atoms with Crippen LogP contribution >= 0.6 is 22.9 Å². The van der Waals surface area contributed by atoms with Crippen molar-refractivity contribution in [3.63, 3.8) is 0 Å². The largest absolute Gasteiger partial charge is 0.454 e. The van der Waals surface area contributed by atoms with E-state index in [0.717, 1.165) is 11.3 Å². The number of rotatable bonds is 2. The summed E-state index contributed by atoms with van der Waals surface area (Å²) in [6.45, 7) is 0. The molecule has 0 saturated carbocycles. The minimum atomic E-state index is -3.24. The zero-order valence-electron chi connectivity index (χ0n) is 10.8. The maximum Gasteiger partial charge on any atom is 0.340 e. The summed E-state index contributed by atoms with van der Waals surface area (Å²) >= 11 is 7.12. The molecule has 0 amide bonds. The first-order valence-corrected chi connectivity index (χ1v) is 9.16. The maximum atomic E-state index is 12.2. The topological polar surface area (TPSA) is 60.4 Å². The molecule has 0 spiro atoms. The number of sulfone groups is 1. The van der Waals surface area contributed by atoms with Crippen molar-refractivity contribution in [3.05, 3.63) is 51.9 Å². The zero-order valence-corrected chi connectivity index (χ0v) is 13.2. The Labute approximate surface area is 131 Å². The lowest BCUT2D eigenvalue weighted by atomic mass is 10.1. The smallest absolute Gasteiger partial charge is 0.340 e. The quantitative estimate of drug-likeness (QED) is 0.784. The van der Waals surface area contributed by atoms with Crippen LogP contribution in [0.3, 0.4) is 0 Å². The Morgan fingerprint density at radius 1 is 1.29 bits per heavy atom. The van der Waals surface area contributed by atoms with Crippen molar-refractivity contribution in [2.45, 2.75) is 16.7 Å². The second-order valence-corrected chi connectivity index (χ2v) is 8.27. The Balaban J connectivity index is 1.88. The van der Waals surface area contributed by atoms with Gasteiger partial charge in [0.05, 0.1) is 16.3 Å². The van der Waals surface area contributed by atoms with Crippen molar-refractivity contribution >= 4 is 38.7 Å². The van der Waals surface area contributed by atoms with Gasteiger partial charge in [-0.3, -0.25) is 0 Å². The third-order valence-electron chi connectivity index (χ3n) is 3.28. The van der Waals surface area contributed by atoms with E-state index in [1.807, 2.05) is 0 Å². The molecule has 2 heterocycles. The summed E-state index contributed by atoms with van der Waals surface area (Å²) in [6, 6.07) is 8.31. The highest BCUT2D eigenvalue weighted by Gasteiger charge is 2.34. The minimum Gasteiger partial charge on any atom is -0.454 e. The van der Waals surface area contributed by atoms with Crippen molar-refractivity contribution in [1.82, 2.24) is 0 Å². The molecule has 0 aliphatic carbocycles. The van der Waals surface area contributed by atoms with Gasteiger partial charge in [-0.05, 0) is 23.6 Å². The van der Waals surface area contributed by atoms with Crippen LogP contribution in [0.2, 0.25) is 5.02 Å². The highest BCUT2D eigenvalue weighted by Crippen LogP contribution is 2.38. The fraction of sp³-hybridized carbons (Fsp3) is 0.214. The molecule has 0 unspecified atom stereocenters. The SMILES string of the molecule is O=C(O[C@@H]1CCS(=O)(=O)c2sccc21)c1ccccc1Cl. The number of carbonyl (C=O) groups excluding carboxylic acids is 1. The molecule has 0 radical (unpaired) electrons. The van der Waals surface area contributed by atoms with E-state index in [1.54, 1.807) is 35.7 Å². The Bertz CT molecular complexity index is 795. The number of halogens is 1. The van der Waals surface area contributed by atoms with Crippen LogP contribution in [-0.4, -0.2) is 20.1 Å². The zero-order chi connectivity index (χ0) is 15.0. The van der Waals surface area contributed by atoms with Gasteiger partial charge in [-0.15, -0.1) is 11.3 Å². The van der Waals surface area contributed by atoms with Gasteiger partial charge < -0.3 is 4.74 Å². The predicted molar refractivity (Wildman–Crippen MR) is 80.6 cm³/mol. The van der Waals surface area contributed by atoms with E-state index < -0.39 is 21.9 Å². The third-order valence-corrected chi connectivity index (χ3v) is 6.96. The normalized spacial score (nSPS) is 19.8. The van der Waals surface area contributed by atoms with Gasteiger partial charge in [0.25, 0.3) is 0 Å². The summed E-state index contributed by atoms with van der Waals surface area (Å²) in [6.07, 6.45) is -0.277. The van der Waals surface area contributed by atoms with Gasteiger partial charge >= 0.3 is 5.97 Å². The summed E-state index contributed by atoms with van der Waals surface area (Å²) in [7, 11) is -3.24. The first kappa shape index (κ1) is 14.6. The predicted octanol–water partition coefficient (Wildman–Crippen LogP) is 3.48. The Morgan fingerprint density at radius 2 is 2.05 bits per heavy atom. The number of hydrogen-bond acceptors (Lipinski definition) is 5.